The lowest BCUT2D eigenvalue weighted by molar-refractivity contribution is -0.161. The molecule has 0 amide bonds. The van der Waals surface area contributed by atoms with Crippen LogP contribution in [0, 0.1) is 5.92 Å². The van der Waals surface area contributed by atoms with Crippen LogP contribution in [0.1, 0.15) is 25.3 Å². The van der Waals surface area contributed by atoms with Crippen LogP contribution >= 0.6 is 0 Å². The van der Waals surface area contributed by atoms with Crippen molar-refractivity contribution in [1.82, 2.24) is 0 Å². The molecule has 1 aromatic carbocycles. The monoisotopic (exact) mass is 262 g/mol. The third-order valence-corrected chi connectivity index (χ3v) is 3.26. The number of hydrogen-bond acceptors (Lipinski definition) is 4. The lowest BCUT2D eigenvalue weighted by Crippen LogP contribution is -2.22. The van der Waals surface area contributed by atoms with Crippen molar-refractivity contribution in [3.05, 3.63) is 35.9 Å². The highest BCUT2D eigenvalue weighted by Gasteiger charge is 2.38. The van der Waals surface area contributed by atoms with Gasteiger partial charge in [0.15, 0.2) is 6.10 Å². The molecule has 1 fully saturated rings. The number of esters is 2. The molecule has 1 aliphatic heterocycles. The highest BCUT2D eigenvalue weighted by Crippen LogP contribution is 2.26. The molecule has 4 nitrogen and oxygen atoms in total. The largest absolute Gasteiger partial charge is 0.463 e. The van der Waals surface area contributed by atoms with Crippen LogP contribution in [0.2, 0.25) is 0 Å². The lowest BCUT2D eigenvalue weighted by atomic mass is 9.96. The van der Waals surface area contributed by atoms with E-state index in [1.807, 2.05) is 30.3 Å². The van der Waals surface area contributed by atoms with E-state index in [2.05, 4.69) is 0 Å². The fourth-order valence-corrected chi connectivity index (χ4v) is 2.24. The standard InChI is InChI=1S/C15H18O4/c1-2-18-15(17)13-10-12(14(16)19-13)9-8-11-6-4-3-5-7-11/h3-7,12-13H,2,8-10H2,1H3/t12-,13+/m1/s1. The molecule has 0 saturated carbocycles. The van der Waals surface area contributed by atoms with Gasteiger partial charge in [0.1, 0.15) is 0 Å². The van der Waals surface area contributed by atoms with Gasteiger partial charge < -0.3 is 9.47 Å². The normalized spacial score (nSPS) is 22.1. The SMILES string of the molecule is CCOC(=O)[C@@H]1C[C@@H](CCc2ccccc2)C(=O)O1. The van der Waals surface area contributed by atoms with E-state index in [1.165, 1.54) is 5.56 Å². The predicted octanol–water partition coefficient (Wildman–Crippen LogP) is 2.11. The molecule has 0 aliphatic carbocycles. The number of benzene rings is 1. The summed E-state index contributed by atoms with van der Waals surface area (Å²) >= 11 is 0. The van der Waals surface area contributed by atoms with Gasteiger partial charge >= 0.3 is 11.9 Å². The number of cyclic esters (lactones) is 1. The van der Waals surface area contributed by atoms with Gasteiger partial charge in [0, 0.05) is 6.42 Å². The van der Waals surface area contributed by atoms with Gasteiger partial charge in [-0.15, -0.1) is 0 Å². The van der Waals surface area contributed by atoms with E-state index in [-0.39, 0.29) is 11.9 Å². The Morgan fingerprint density at radius 3 is 2.79 bits per heavy atom. The van der Waals surface area contributed by atoms with Crippen molar-refractivity contribution >= 4 is 11.9 Å². The summed E-state index contributed by atoms with van der Waals surface area (Å²) in [4.78, 5) is 23.2. The smallest absolute Gasteiger partial charge is 0.347 e. The van der Waals surface area contributed by atoms with E-state index < -0.39 is 12.1 Å². The topological polar surface area (TPSA) is 52.6 Å². The van der Waals surface area contributed by atoms with Crippen molar-refractivity contribution in [2.45, 2.75) is 32.3 Å². The van der Waals surface area contributed by atoms with E-state index in [4.69, 9.17) is 9.47 Å². The molecule has 2 rings (SSSR count). The Morgan fingerprint density at radius 1 is 1.37 bits per heavy atom. The van der Waals surface area contributed by atoms with E-state index in [0.717, 1.165) is 6.42 Å². The first-order valence-corrected chi connectivity index (χ1v) is 6.61. The summed E-state index contributed by atoms with van der Waals surface area (Å²) in [5.41, 5.74) is 1.19. The zero-order valence-electron chi connectivity index (χ0n) is 11.0. The zero-order chi connectivity index (χ0) is 13.7. The Balaban J connectivity index is 1.85. The van der Waals surface area contributed by atoms with E-state index in [1.54, 1.807) is 6.92 Å². The maximum atomic E-state index is 11.7. The zero-order valence-corrected chi connectivity index (χ0v) is 11.0. The van der Waals surface area contributed by atoms with Crippen LogP contribution in [0.4, 0.5) is 0 Å². The third kappa shape index (κ3) is 3.56. The van der Waals surface area contributed by atoms with Crippen molar-refractivity contribution in [3.8, 4) is 0 Å². The summed E-state index contributed by atoms with van der Waals surface area (Å²) in [5.74, 6) is -0.915. The minimum absolute atomic E-state index is 0.199. The highest BCUT2D eigenvalue weighted by molar-refractivity contribution is 5.84. The van der Waals surface area contributed by atoms with Gasteiger partial charge in [-0.1, -0.05) is 30.3 Å². The second-order valence-electron chi connectivity index (χ2n) is 4.63. The molecule has 19 heavy (non-hydrogen) atoms. The Hall–Kier alpha value is -1.84. The van der Waals surface area contributed by atoms with Gasteiger partial charge in [-0.25, -0.2) is 4.79 Å². The second kappa shape index (κ2) is 6.36. The van der Waals surface area contributed by atoms with Crippen molar-refractivity contribution in [3.63, 3.8) is 0 Å². The molecule has 4 heteroatoms. The third-order valence-electron chi connectivity index (χ3n) is 3.26. The molecule has 1 saturated heterocycles. The molecule has 0 aromatic heterocycles. The van der Waals surface area contributed by atoms with E-state index in [9.17, 15) is 9.59 Å². The van der Waals surface area contributed by atoms with Gasteiger partial charge in [0.05, 0.1) is 12.5 Å². The molecule has 0 unspecified atom stereocenters. The second-order valence-corrected chi connectivity index (χ2v) is 4.63. The molecule has 102 valence electrons. The van der Waals surface area contributed by atoms with Gasteiger partial charge in [0.2, 0.25) is 0 Å². The number of aryl methyl sites for hydroxylation is 1. The number of rotatable bonds is 5. The molecule has 2 atom stereocenters. The van der Waals surface area contributed by atoms with Crippen LogP contribution in [-0.4, -0.2) is 24.6 Å². The summed E-state index contributed by atoms with van der Waals surface area (Å²) in [6.07, 6.45) is 1.24. The van der Waals surface area contributed by atoms with Crippen LogP contribution in [0.25, 0.3) is 0 Å². The van der Waals surface area contributed by atoms with Gasteiger partial charge in [-0.2, -0.15) is 0 Å². The lowest BCUT2D eigenvalue weighted by Gasteiger charge is -2.07. The predicted molar refractivity (Wildman–Crippen MR) is 69.4 cm³/mol. The van der Waals surface area contributed by atoms with E-state index in [0.29, 0.717) is 19.4 Å². The summed E-state index contributed by atoms with van der Waals surface area (Å²) in [6.45, 7) is 2.04. The summed E-state index contributed by atoms with van der Waals surface area (Å²) < 4.78 is 9.93. The minimum Gasteiger partial charge on any atom is -0.463 e. The van der Waals surface area contributed by atoms with Crippen molar-refractivity contribution in [1.29, 1.82) is 0 Å². The van der Waals surface area contributed by atoms with Gasteiger partial charge in [-0.05, 0) is 25.3 Å². The Bertz CT molecular complexity index is 441. The first-order valence-electron chi connectivity index (χ1n) is 6.61. The maximum absolute atomic E-state index is 11.7. The number of hydrogen-bond donors (Lipinski definition) is 0. The number of carbonyl (C=O) groups is 2. The molecule has 0 N–H and O–H groups in total. The van der Waals surface area contributed by atoms with Crippen LogP contribution in [0.3, 0.4) is 0 Å². The van der Waals surface area contributed by atoms with Crippen molar-refractivity contribution in [2.24, 2.45) is 5.92 Å². The molecule has 1 heterocycles. The first-order chi connectivity index (χ1) is 9.20. The number of ether oxygens (including phenoxy) is 2. The fourth-order valence-electron chi connectivity index (χ4n) is 2.24. The fraction of sp³-hybridized carbons (Fsp3) is 0.467. The maximum Gasteiger partial charge on any atom is 0.347 e. The summed E-state index contributed by atoms with van der Waals surface area (Å²) in [7, 11) is 0. The van der Waals surface area contributed by atoms with Crippen LogP contribution in [-0.2, 0) is 25.5 Å². The van der Waals surface area contributed by atoms with Crippen LogP contribution in [0.5, 0.6) is 0 Å². The quantitative estimate of drug-likeness (QED) is 0.763. The average molecular weight is 262 g/mol. The average Bonchev–Trinajstić information content (AvgIpc) is 2.79. The van der Waals surface area contributed by atoms with E-state index >= 15 is 0 Å². The van der Waals surface area contributed by atoms with Crippen molar-refractivity contribution in [2.75, 3.05) is 6.61 Å². The number of carbonyl (C=O) groups excluding carboxylic acids is 2. The molecule has 0 spiro atoms. The minimum atomic E-state index is -0.715. The Kier molecular flexibility index (Phi) is 4.55. The summed E-state index contributed by atoms with van der Waals surface area (Å²) in [6, 6.07) is 9.98. The molecule has 1 aromatic rings. The van der Waals surface area contributed by atoms with Crippen molar-refractivity contribution < 1.29 is 19.1 Å². The Labute approximate surface area is 112 Å². The molecular formula is C15H18O4. The van der Waals surface area contributed by atoms with Gasteiger partial charge in [0.25, 0.3) is 0 Å². The van der Waals surface area contributed by atoms with Crippen LogP contribution < -0.4 is 0 Å². The molecular weight excluding hydrogens is 244 g/mol. The molecule has 1 aliphatic rings. The van der Waals surface area contributed by atoms with Gasteiger partial charge in [-0.3, -0.25) is 4.79 Å². The first kappa shape index (κ1) is 13.6. The molecule has 0 bridgehead atoms. The van der Waals surface area contributed by atoms with Crippen LogP contribution in [0.15, 0.2) is 30.3 Å². The summed E-state index contributed by atoms with van der Waals surface area (Å²) in [5, 5.41) is 0. The Morgan fingerprint density at radius 2 is 2.11 bits per heavy atom. The molecule has 0 radical (unpaired) electrons. The highest BCUT2D eigenvalue weighted by atomic mass is 16.6.